The van der Waals surface area contributed by atoms with E-state index in [1.807, 2.05) is 13.8 Å². The molecule has 1 aromatic heterocycles. The summed E-state index contributed by atoms with van der Waals surface area (Å²) in [6.45, 7) is 4.72. The second kappa shape index (κ2) is 11.2. The van der Waals surface area contributed by atoms with Crippen molar-refractivity contribution in [3.05, 3.63) is 30.1 Å². The van der Waals surface area contributed by atoms with Crippen LogP contribution in [0.1, 0.15) is 49.9 Å². The third-order valence-electron chi connectivity index (χ3n) is 6.24. The molecule has 4 unspecified atom stereocenters. The van der Waals surface area contributed by atoms with E-state index in [0.717, 1.165) is 19.4 Å². The number of carbonyl (C=O) groups excluding carboxylic acids is 4. The summed E-state index contributed by atoms with van der Waals surface area (Å²) in [5, 5.41) is 8.93. The zero-order chi connectivity index (χ0) is 24.0. The number of piperidine rings is 1. The van der Waals surface area contributed by atoms with E-state index in [-0.39, 0.29) is 36.2 Å². The van der Waals surface area contributed by atoms with E-state index < -0.39 is 24.0 Å². The third kappa shape index (κ3) is 6.07. The Morgan fingerprint density at radius 2 is 1.91 bits per heavy atom. The largest absolute Gasteiger partial charge is 0.467 e. The molecule has 0 saturated carbocycles. The lowest BCUT2D eigenvalue weighted by atomic mass is 9.94. The number of rotatable bonds is 7. The maximum Gasteiger partial charge on any atom is 0.328 e. The number of aromatic nitrogens is 1. The fraction of sp³-hybridized carbons (Fsp3) is 0.609. The van der Waals surface area contributed by atoms with Gasteiger partial charge in [-0.25, -0.2) is 4.79 Å². The molecule has 0 aliphatic carbocycles. The molecule has 0 bridgehead atoms. The maximum atomic E-state index is 13.3. The molecule has 0 spiro atoms. The van der Waals surface area contributed by atoms with E-state index in [1.165, 1.54) is 7.11 Å². The van der Waals surface area contributed by atoms with E-state index in [2.05, 4.69) is 20.9 Å². The van der Waals surface area contributed by atoms with Gasteiger partial charge < -0.3 is 25.6 Å². The molecule has 3 amide bonds. The Morgan fingerprint density at radius 3 is 2.52 bits per heavy atom. The third-order valence-corrected chi connectivity index (χ3v) is 6.24. The van der Waals surface area contributed by atoms with Crippen molar-refractivity contribution in [3.8, 4) is 0 Å². The van der Waals surface area contributed by atoms with Crippen molar-refractivity contribution < 1.29 is 23.9 Å². The van der Waals surface area contributed by atoms with Crippen molar-refractivity contribution in [2.75, 3.05) is 20.2 Å². The topological polar surface area (TPSA) is 130 Å². The van der Waals surface area contributed by atoms with Gasteiger partial charge in [-0.05, 0) is 50.3 Å². The number of amides is 3. The Labute approximate surface area is 193 Å². The summed E-state index contributed by atoms with van der Waals surface area (Å²) in [6.07, 6.45) is 5.50. The molecule has 10 nitrogen and oxygen atoms in total. The molecule has 33 heavy (non-hydrogen) atoms. The molecule has 3 N–H and O–H groups in total. The summed E-state index contributed by atoms with van der Waals surface area (Å²) in [7, 11) is 1.27. The van der Waals surface area contributed by atoms with Crippen LogP contribution in [-0.2, 0) is 19.1 Å². The van der Waals surface area contributed by atoms with Gasteiger partial charge in [0.05, 0.1) is 13.2 Å². The predicted molar refractivity (Wildman–Crippen MR) is 120 cm³/mol. The Morgan fingerprint density at radius 1 is 1.18 bits per heavy atom. The number of ether oxygens (including phenoxy) is 1. The number of hydrogen-bond acceptors (Lipinski definition) is 7. The van der Waals surface area contributed by atoms with Crippen molar-refractivity contribution in [3.63, 3.8) is 0 Å². The van der Waals surface area contributed by atoms with Crippen molar-refractivity contribution in [2.24, 2.45) is 5.92 Å². The summed E-state index contributed by atoms with van der Waals surface area (Å²) < 4.78 is 4.83. The molecular weight excluding hydrogens is 426 g/mol. The van der Waals surface area contributed by atoms with Crippen molar-refractivity contribution in [2.45, 2.75) is 63.7 Å². The van der Waals surface area contributed by atoms with Gasteiger partial charge in [-0.2, -0.15) is 0 Å². The van der Waals surface area contributed by atoms with E-state index in [4.69, 9.17) is 4.74 Å². The van der Waals surface area contributed by atoms with Crippen LogP contribution in [0.2, 0.25) is 0 Å². The minimum absolute atomic E-state index is 0.120. The highest BCUT2D eigenvalue weighted by atomic mass is 16.5. The number of likely N-dealkylation sites (tertiary alicyclic amines) is 1. The molecule has 0 radical (unpaired) electrons. The van der Waals surface area contributed by atoms with Crippen LogP contribution in [0.15, 0.2) is 24.5 Å². The highest BCUT2D eigenvalue weighted by molar-refractivity contribution is 5.95. The molecule has 2 aliphatic heterocycles. The molecule has 2 fully saturated rings. The number of pyridine rings is 1. The Bertz CT molecular complexity index is 856. The second-order valence-electron chi connectivity index (χ2n) is 8.88. The first-order valence-corrected chi connectivity index (χ1v) is 11.4. The lowest BCUT2D eigenvalue weighted by Gasteiger charge is -2.40. The number of esters is 1. The van der Waals surface area contributed by atoms with Gasteiger partial charge >= 0.3 is 5.97 Å². The molecular formula is C23H33N5O5. The fourth-order valence-electron chi connectivity index (χ4n) is 4.35. The van der Waals surface area contributed by atoms with Crippen LogP contribution in [0.3, 0.4) is 0 Å². The average molecular weight is 460 g/mol. The van der Waals surface area contributed by atoms with Crippen molar-refractivity contribution in [1.29, 1.82) is 0 Å². The summed E-state index contributed by atoms with van der Waals surface area (Å²) in [6, 6.07) is 1.00. The van der Waals surface area contributed by atoms with Crippen molar-refractivity contribution in [1.82, 2.24) is 25.8 Å². The van der Waals surface area contributed by atoms with Gasteiger partial charge in [0.15, 0.2) is 0 Å². The van der Waals surface area contributed by atoms with E-state index in [0.29, 0.717) is 18.5 Å². The van der Waals surface area contributed by atoms with Gasteiger partial charge in [0.25, 0.3) is 5.91 Å². The molecule has 4 atom stereocenters. The Kier molecular flexibility index (Phi) is 8.37. The lowest BCUT2D eigenvalue weighted by Crippen LogP contribution is -2.61. The number of nitrogens with zero attached hydrogens (tertiary/aromatic N) is 2. The minimum Gasteiger partial charge on any atom is -0.467 e. The Balaban J connectivity index is 1.76. The van der Waals surface area contributed by atoms with Gasteiger partial charge in [0.2, 0.25) is 11.8 Å². The SMILES string of the molecule is COC(=O)C(NC(=O)C1CC(NC(=O)c2ccncc2)CCN1C(=O)C1CCCN1)C(C)C. The highest BCUT2D eigenvalue weighted by Gasteiger charge is 2.41. The lowest BCUT2D eigenvalue weighted by molar-refractivity contribution is -0.149. The van der Waals surface area contributed by atoms with Crippen LogP contribution >= 0.6 is 0 Å². The van der Waals surface area contributed by atoms with Crippen LogP contribution in [0.5, 0.6) is 0 Å². The summed E-state index contributed by atoms with van der Waals surface area (Å²) in [5.74, 6) is -1.52. The van der Waals surface area contributed by atoms with Gasteiger partial charge in [0.1, 0.15) is 12.1 Å². The number of hydrogen-bond donors (Lipinski definition) is 3. The summed E-state index contributed by atoms with van der Waals surface area (Å²) >= 11 is 0. The summed E-state index contributed by atoms with van der Waals surface area (Å²) in [5.41, 5.74) is 0.477. The zero-order valence-electron chi connectivity index (χ0n) is 19.4. The van der Waals surface area contributed by atoms with Crippen LogP contribution in [0, 0.1) is 5.92 Å². The highest BCUT2D eigenvalue weighted by Crippen LogP contribution is 2.22. The molecule has 0 aromatic carbocycles. The van der Waals surface area contributed by atoms with Crippen LogP contribution < -0.4 is 16.0 Å². The molecule has 2 aliphatic rings. The second-order valence-corrected chi connectivity index (χ2v) is 8.88. The monoisotopic (exact) mass is 459 g/mol. The van der Waals surface area contributed by atoms with Gasteiger partial charge in [-0.1, -0.05) is 13.8 Å². The fourth-order valence-corrected chi connectivity index (χ4v) is 4.35. The number of methoxy groups -OCH3 is 1. The van der Waals surface area contributed by atoms with E-state index in [9.17, 15) is 19.2 Å². The average Bonchev–Trinajstić information content (AvgIpc) is 3.37. The standard InChI is InChI=1S/C23H33N5O5/c1-14(2)19(23(32)33-3)27-21(30)18-13-16(26-20(29)15-6-10-24-11-7-15)8-12-28(18)22(31)17-5-4-9-25-17/h6-7,10-11,14,16-19,25H,4-5,8-9,12-13H2,1-3H3,(H,26,29)(H,27,30). The van der Waals surface area contributed by atoms with Gasteiger partial charge in [-0.15, -0.1) is 0 Å². The van der Waals surface area contributed by atoms with E-state index >= 15 is 0 Å². The predicted octanol–water partition coefficient (Wildman–Crippen LogP) is 0.237. The molecule has 3 heterocycles. The maximum absolute atomic E-state index is 13.3. The Hall–Kier alpha value is -3.01. The van der Waals surface area contributed by atoms with Crippen molar-refractivity contribution >= 4 is 23.7 Å². The minimum atomic E-state index is -0.823. The van der Waals surface area contributed by atoms with E-state index in [1.54, 1.807) is 29.4 Å². The van der Waals surface area contributed by atoms with Gasteiger partial charge in [-0.3, -0.25) is 19.4 Å². The first-order chi connectivity index (χ1) is 15.8. The molecule has 2 saturated heterocycles. The van der Waals surface area contributed by atoms with Crippen LogP contribution in [-0.4, -0.2) is 77.9 Å². The van der Waals surface area contributed by atoms with Crippen LogP contribution in [0.25, 0.3) is 0 Å². The van der Waals surface area contributed by atoms with Gasteiger partial charge in [0, 0.05) is 30.5 Å². The molecule has 180 valence electrons. The molecule has 1 aromatic rings. The quantitative estimate of drug-likeness (QED) is 0.498. The van der Waals surface area contributed by atoms with Crippen LogP contribution in [0.4, 0.5) is 0 Å². The zero-order valence-corrected chi connectivity index (χ0v) is 19.4. The number of nitrogens with one attached hydrogen (secondary N) is 3. The first kappa shape index (κ1) is 24.6. The number of carbonyl (C=O) groups is 4. The summed E-state index contributed by atoms with van der Waals surface area (Å²) in [4.78, 5) is 56.8. The molecule has 3 rings (SSSR count). The molecule has 10 heteroatoms. The normalized spacial score (nSPS) is 23.6. The first-order valence-electron chi connectivity index (χ1n) is 11.4. The smallest absolute Gasteiger partial charge is 0.328 e.